The number of halogens is 3. The van der Waals surface area contributed by atoms with Gasteiger partial charge in [0.2, 0.25) is 0 Å². The summed E-state index contributed by atoms with van der Waals surface area (Å²) in [6.45, 7) is 1.88. The van der Waals surface area contributed by atoms with E-state index in [-0.39, 0.29) is 20.6 Å². The predicted octanol–water partition coefficient (Wildman–Crippen LogP) is 4.87. The summed E-state index contributed by atoms with van der Waals surface area (Å²) in [5, 5.41) is 0.454. The number of sulfonamides is 1. The van der Waals surface area contributed by atoms with Crippen LogP contribution in [0.4, 0.5) is 5.69 Å². The molecule has 0 aromatic heterocycles. The zero-order valence-corrected chi connectivity index (χ0v) is 14.2. The topological polar surface area (TPSA) is 46.2 Å². The van der Waals surface area contributed by atoms with Crippen molar-refractivity contribution in [3.63, 3.8) is 0 Å². The maximum atomic E-state index is 12.4. The highest BCUT2D eigenvalue weighted by atomic mass is 79.9. The van der Waals surface area contributed by atoms with Gasteiger partial charge in [-0.05, 0) is 52.7 Å². The van der Waals surface area contributed by atoms with Crippen molar-refractivity contribution in [2.24, 2.45) is 0 Å². The van der Waals surface area contributed by atoms with E-state index in [1.165, 1.54) is 6.07 Å². The molecule has 0 fully saturated rings. The lowest BCUT2D eigenvalue weighted by Crippen LogP contribution is -2.14. The van der Waals surface area contributed by atoms with Crippen LogP contribution in [0.2, 0.25) is 10.0 Å². The molecule has 1 N–H and O–H groups in total. The standard InChI is InChI=1S/C13H10BrCl2NO2S/c1-8-5-6-12(9(14)7-8)20(18,19)17-11-4-2-3-10(15)13(11)16/h2-7,17H,1H3. The van der Waals surface area contributed by atoms with Crippen LogP contribution in [0.15, 0.2) is 45.8 Å². The number of hydrogen-bond acceptors (Lipinski definition) is 2. The molecule has 0 aliphatic heterocycles. The van der Waals surface area contributed by atoms with E-state index in [1.54, 1.807) is 30.3 Å². The molecule has 0 heterocycles. The molecule has 2 aromatic rings. The summed E-state index contributed by atoms with van der Waals surface area (Å²) in [6, 6.07) is 9.74. The molecule has 0 saturated carbocycles. The summed E-state index contributed by atoms with van der Waals surface area (Å²) in [7, 11) is -3.74. The van der Waals surface area contributed by atoms with E-state index >= 15 is 0 Å². The summed E-state index contributed by atoms with van der Waals surface area (Å²) in [4.78, 5) is 0.138. The van der Waals surface area contributed by atoms with Crippen LogP contribution in [0, 0.1) is 6.92 Å². The lowest BCUT2D eigenvalue weighted by atomic mass is 10.2. The first kappa shape index (κ1) is 15.6. The smallest absolute Gasteiger partial charge is 0.263 e. The van der Waals surface area contributed by atoms with E-state index in [0.717, 1.165) is 5.56 Å². The number of rotatable bonds is 3. The molecule has 2 rings (SSSR count). The van der Waals surface area contributed by atoms with Gasteiger partial charge in [-0.3, -0.25) is 4.72 Å². The van der Waals surface area contributed by atoms with Crippen LogP contribution in [-0.2, 0) is 10.0 Å². The molecular weight excluding hydrogens is 385 g/mol. The van der Waals surface area contributed by atoms with E-state index < -0.39 is 10.0 Å². The van der Waals surface area contributed by atoms with Crippen molar-refractivity contribution < 1.29 is 8.42 Å². The highest BCUT2D eigenvalue weighted by Crippen LogP contribution is 2.32. The average Bonchev–Trinajstić information content (AvgIpc) is 2.34. The lowest BCUT2D eigenvalue weighted by Gasteiger charge is -2.12. The van der Waals surface area contributed by atoms with Crippen LogP contribution in [0.25, 0.3) is 0 Å². The zero-order chi connectivity index (χ0) is 14.9. The fourth-order valence-corrected chi connectivity index (χ4v) is 4.27. The molecule has 0 saturated heterocycles. The van der Waals surface area contributed by atoms with Crippen LogP contribution in [0.3, 0.4) is 0 Å². The van der Waals surface area contributed by atoms with E-state index in [0.29, 0.717) is 4.47 Å². The van der Waals surface area contributed by atoms with E-state index in [9.17, 15) is 8.42 Å². The number of anilines is 1. The molecule has 0 amide bonds. The van der Waals surface area contributed by atoms with E-state index in [1.807, 2.05) is 6.92 Å². The Balaban J connectivity index is 2.44. The summed E-state index contributed by atoms with van der Waals surface area (Å²) in [6.07, 6.45) is 0. The molecule has 7 heteroatoms. The van der Waals surface area contributed by atoms with Gasteiger partial charge < -0.3 is 0 Å². The van der Waals surface area contributed by atoms with E-state index in [4.69, 9.17) is 23.2 Å². The molecule has 0 atom stereocenters. The SMILES string of the molecule is Cc1ccc(S(=O)(=O)Nc2cccc(Cl)c2Cl)c(Br)c1. The first-order valence-electron chi connectivity index (χ1n) is 5.54. The summed E-state index contributed by atoms with van der Waals surface area (Å²) in [5.74, 6) is 0. The zero-order valence-electron chi connectivity index (χ0n) is 10.3. The van der Waals surface area contributed by atoms with Gasteiger partial charge in [0.25, 0.3) is 10.0 Å². The van der Waals surface area contributed by atoms with Crippen molar-refractivity contribution in [1.82, 2.24) is 0 Å². The van der Waals surface area contributed by atoms with E-state index in [2.05, 4.69) is 20.7 Å². The van der Waals surface area contributed by atoms with Crippen LogP contribution in [0.5, 0.6) is 0 Å². The Bertz CT molecular complexity index is 763. The monoisotopic (exact) mass is 393 g/mol. The average molecular weight is 395 g/mol. The van der Waals surface area contributed by atoms with Crippen molar-refractivity contribution in [1.29, 1.82) is 0 Å². The second kappa shape index (κ2) is 5.93. The first-order chi connectivity index (χ1) is 9.31. The van der Waals surface area contributed by atoms with Gasteiger partial charge in [0, 0.05) is 4.47 Å². The third kappa shape index (κ3) is 3.28. The molecular formula is C13H10BrCl2NO2S. The molecule has 0 radical (unpaired) electrons. The number of benzene rings is 2. The normalized spacial score (nSPS) is 11.4. The van der Waals surface area contributed by atoms with Crippen LogP contribution < -0.4 is 4.72 Å². The Morgan fingerprint density at radius 1 is 1.15 bits per heavy atom. The highest BCUT2D eigenvalue weighted by molar-refractivity contribution is 9.10. The van der Waals surface area contributed by atoms with Crippen LogP contribution in [0.1, 0.15) is 5.56 Å². The maximum absolute atomic E-state index is 12.4. The van der Waals surface area contributed by atoms with Gasteiger partial charge in [-0.1, -0.05) is 35.3 Å². The van der Waals surface area contributed by atoms with Crippen molar-refractivity contribution in [3.8, 4) is 0 Å². The minimum Gasteiger partial charge on any atom is -0.278 e. The fourth-order valence-electron chi connectivity index (χ4n) is 1.61. The van der Waals surface area contributed by atoms with Crippen molar-refractivity contribution in [3.05, 3.63) is 56.5 Å². The molecule has 20 heavy (non-hydrogen) atoms. The Hall–Kier alpha value is -0.750. The number of aryl methyl sites for hydroxylation is 1. The minimum absolute atomic E-state index is 0.138. The van der Waals surface area contributed by atoms with Gasteiger partial charge in [-0.2, -0.15) is 0 Å². The largest absolute Gasteiger partial charge is 0.278 e. The van der Waals surface area contributed by atoms with Crippen LogP contribution >= 0.6 is 39.1 Å². The molecule has 0 unspecified atom stereocenters. The number of hydrogen-bond donors (Lipinski definition) is 1. The van der Waals surface area contributed by atoms with Crippen molar-refractivity contribution in [2.75, 3.05) is 4.72 Å². The first-order valence-corrected chi connectivity index (χ1v) is 8.57. The molecule has 0 spiro atoms. The predicted molar refractivity (Wildman–Crippen MR) is 86.1 cm³/mol. The molecule has 2 aromatic carbocycles. The third-order valence-corrected chi connectivity index (χ3v) is 5.73. The Morgan fingerprint density at radius 2 is 1.85 bits per heavy atom. The molecule has 0 bridgehead atoms. The molecule has 0 aliphatic carbocycles. The lowest BCUT2D eigenvalue weighted by molar-refractivity contribution is 0.600. The fraction of sp³-hybridized carbons (Fsp3) is 0.0769. The third-order valence-electron chi connectivity index (χ3n) is 2.57. The quantitative estimate of drug-likeness (QED) is 0.807. The molecule has 106 valence electrons. The van der Waals surface area contributed by atoms with Gasteiger partial charge in [0.15, 0.2) is 0 Å². The van der Waals surface area contributed by atoms with Gasteiger partial charge in [-0.25, -0.2) is 8.42 Å². The van der Waals surface area contributed by atoms with Crippen molar-refractivity contribution in [2.45, 2.75) is 11.8 Å². The Labute approximate surface area is 136 Å². The number of nitrogens with one attached hydrogen (secondary N) is 1. The van der Waals surface area contributed by atoms with Crippen molar-refractivity contribution >= 4 is 54.8 Å². The minimum atomic E-state index is -3.74. The van der Waals surface area contributed by atoms with Crippen LogP contribution in [-0.4, -0.2) is 8.42 Å². The Morgan fingerprint density at radius 3 is 2.50 bits per heavy atom. The summed E-state index contributed by atoms with van der Waals surface area (Å²) >= 11 is 15.1. The second-order valence-electron chi connectivity index (χ2n) is 4.14. The second-order valence-corrected chi connectivity index (χ2v) is 7.43. The van der Waals surface area contributed by atoms with Gasteiger partial charge in [-0.15, -0.1) is 0 Å². The van der Waals surface area contributed by atoms with Gasteiger partial charge in [0.05, 0.1) is 15.7 Å². The Kier molecular flexibility index (Phi) is 4.64. The van der Waals surface area contributed by atoms with Gasteiger partial charge in [0.1, 0.15) is 4.90 Å². The highest BCUT2D eigenvalue weighted by Gasteiger charge is 2.19. The maximum Gasteiger partial charge on any atom is 0.263 e. The van der Waals surface area contributed by atoms with Gasteiger partial charge >= 0.3 is 0 Å². The molecule has 0 aliphatic rings. The summed E-state index contributed by atoms with van der Waals surface area (Å²) < 4.78 is 27.6. The molecule has 3 nitrogen and oxygen atoms in total. The summed E-state index contributed by atoms with van der Waals surface area (Å²) in [5.41, 5.74) is 1.20.